The molecule has 12 heteroatoms. The molecule has 3 heterocycles. The molecule has 0 bridgehead atoms. The topological polar surface area (TPSA) is 94.3 Å². The second-order valence-electron chi connectivity index (χ2n) is 6.50. The third-order valence-corrected chi connectivity index (χ3v) is 4.40. The summed E-state index contributed by atoms with van der Waals surface area (Å²) in [7, 11) is 0. The molecule has 3 rings (SSSR count). The second-order valence-corrected chi connectivity index (χ2v) is 6.50. The molecule has 0 saturated carbocycles. The van der Waals surface area contributed by atoms with Crippen LogP contribution in [-0.2, 0) is 28.8 Å². The molecule has 1 N–H and O–H groups in total. The summed E-state index contributed by atoms with van der Waals surface area (Å²) < 4.78 is 46.6. The van der Waals surface area contributed by atoms with Crippen LogP contribution in [0, 0.1) is 6.92 Å². The number of nitrogens with one attached hydrogen (secondary N) is 1. The van der Waals surface area contributed by atoms with Gasteiger partial charge in [-0.3, -0.25) is 19.0 Å². The summed E-state index contributed by atoms with van der Waals surface area (Å²) in [5.74, 6) is -1.07. The van der Waals surface area contributed by atoms with Gasteiger partial charge in [-0.15, -0.1) is 0 Å². The fourth-order valence-electron chi connectivity index (χ4n) is 3.08. The van der Waals surface area contributed by atoms with Gasteiger partial charge in [-0.25, -0.2) is 0 Å². The van der Waals surface area contributed by atoms with Gasteiger partial charge in [0, 0.05) is 19.6 Å². The Morgan fingerprint density at radius 3 is 2.55 bits per heavy atom. The molecule has 0 aliphatic carbocycles. The fourth-order valence-corrected chi connectivity index (χ4v) is 3.08. The molecule has 1 saturated heterocycles. The van der Waals surface area contributed by atoms with E-state index in [9.17, 15) is 22.8 Å². The largest absolute Gasteiger partial charge is 0.433 e. The molecule has 1 fully saturated rings. The number of anilines is 1. The number of morpholine rings is 1. The van der Waals surface area contributed by atoms with E-state index in [0.717, 1.165) is 6.07 Å². The monoisotopic (exact) mass is 414 g/mol. The molecular weight excluding hydrogens is 393 g/mol. The molecule has 1 aliphatic heterocycles. The van der Waals surface area contributed by atoms with Gasteiger partial charge in [-0.1, -0.05) is 0 Å². The molecule has 1 aliphatic rings. The van der Waals surface area contributed by atoms with E-state index < -0.39 is 24.3 Å². The Morgan fingerprint density at radius 2 is 1.93 bits per heavy atom. The number of amides is 2. The minimum Gasteiger partial charge on any atom is -0.378 e. The SMILES string of the molecule is CCn1ncc(NC(=O)Cn2nc(C)cc2C(F)(F)F)c1C(=O)N1CCOCC1. The van der Waals surface area contributed by atoms with Gasteiger partial charge in [0.25, 0.3) is 5.91 Å². The van der Waals surface area contributed by atoms with Crippen LogP contribution >= 0.6 is 0 Å². The van der Waals surface area contributed by atoms with Crippen LogP contribution in [0.4, 0.5) is 18.9 Å². The van der Waals surface area contributed by atoms with Crippen molar-refractivity contribution in [2.75, 3.05) is 31.6 Å². The first-order valence-electron chi connectivity index (χ1n) is 9.05. The summed E-state index contributed by atoms with van der Waals surface area (Å²) >= 11 is 0. The van der Waals surface area contributed by atoms with Gasteiger partial charge in [0.1, 0.15) is 17.9 Å². The average Bonchev–Trinajstić information content (AvgIpc) is 3.24. The van der Waals surface area contributed by atoms with E-state index in [0.29, 0.717) is 37.5 Å². The van der Waals surface area contributed by atoms with Crippen LogP contribution in [0.25, 0.3) is 0 Å². The van der Waals surface area contributed by atoms with E-state index in [1.54, 1.807) is 11.8 Å². The van der Waals surface area contributed by atoms with E-state index in [1.807, 2.05) is 0 Å². The standard InChI is InChI=1S/C17H21F3N6O3/c1-3-25-15(16(28)24-4-6-29-7-5-24)12(9-21-25)22-14(27)10-26-13(17(18,19)20)8-11(2)23-26/h8-9H,3-7,10H2,1-2H3,(H,22,27). The number of rotatable bonds is 5. The number of hydrogen-bond donors (Lipinski definition) is 1. The smallest absolute Gasteiger partial charge is 0.378 e. The quantitative estimate of drug-likeness (QED) is 0.801. The van der Waals surface area contributed by atoms with Crippen molar-refractivity contribution in [1.29, 1.82) is 0 Å². The van der Waals surface area contributed by atoms with Gasteiger partial charge in [0.2, 0.25) is 5.91 Å². The second kappa shape index (κ2) is 8.23. The van der Waals surface area contributed by atoms with Crippen LogP contribution in [-0.4, -0.2) is 62.6 Å². The highest BCUT2D eigenvalue weighted by Gasteiger charge is 2.36. The molecule has 2 amide bonds. The van der Waals surface area contributed by atoms with E-state index in [4.69, 9.17) is 4.74 Å². The minimum atomic E-state index is -4.63. The number of carbonyl (C=O) groups is 2. The summed E-state index contributed by atoms with van der Waals surface area (Å²) in [6.07, 6.45) is -3.32. The van der Waals surface area contributed by atoms with E-state index >= 15 is 0 Å². The predicted molar refractivity (Wildman–Crippen MR) is 95.2 cm³/mol. The van der Waals surface area contributed by atoms with Crippen molar-refractivity contribution in [3.63, 3.8) is 0 Å². The molecule has 2 aromatic rings. The van der Waals surface area contributed by atoms with Gasteiger partial charge in [-0.2, -0.15) is 23.4 Å². The lowest BCUT2D eigenvalue weighted by Gasteiger charge is -2.27. The lowest BCUT2D eigenvalue weighted by molar-refractivity contribution is -0.144. The third kappa shape index (κ3) is 4.58. The molecule has 0 radical (unpaired) electrons. The normalized spacial score (nSPS) is 14.9. The minimum absolute atomic E-state index is 0.144. The van der Waals surface area contributed by atoms with Crippen LogP contribution in [0.15, 0.2) is 12.3 Å². The van der Waals surface area contributed by atoms with Gasteiger partial charge in [0.05, 0.1) is 30.8 Å². The van der Waals surface area contributed by atoms with E-state index in [-0.39, 0.29) is 23.0 Å². The van der Waals surface area contributed by atoms with Crippen molar-refractivity contribution in [1.82, 2.24) is 24.5 Å². The van der Waals surface area contributed by atoms with Crippen LogP contribution < -0.4 is 5.32 Å². The van der Waals surface area contributed by atoms with Crippen molar-refractivity contribution in [3.8, 4) is 0 Å². The number of carbonyl (C=O) groups excluding carboxylic acids is 2. The van der Waals surface area contributed by atoms with E-state index in [2.05, 4.69) is 15.5 Å². The number of halogens is 3. The maximum absolute atomic E-state index is 13.1. The van der Waals surface area contributed by atoms with Gasteiger partial charge < -0.3 is 15.0 Å². The molecule has 9 nitrogen and oxygen atoms in total. The maximum atomic E-state index is 13.1. The molecule has 0 unspecified atom stereocenters. The van der Waals surface area contributed by atoms with Crippen molar-refractivity contribution in [2.24, 2.45) is 0 Å². The lowest BCUT2D eigenvalue weighted by Crippen LogP contribution is -2.41. The zero-order chi connectivity index (χ0) is 21.2. The number of aromatic nitrogens is 4. The first-order valence-corrected chi connectivity index (χ1v) is 9.05. The van der Waals surface area contributed by atoms with Gasteiger partial charge in [-0.05, 0) is 19.9 Å². The summed E-state index contributed by atoms with van der Waals surface area (Å²) in [6.45, 7) is 4.57. The first-order chi connectivity index (χ1) is 13.7. The number of aryl methyl sites for hydroxylation is 2. The zero-order valence-electron chi connectivity index (χ0n) is 16.0. The fraction of sp³-hybridized carbons (Fsp3) is 0.529. The van der Waals surface area contributed by atoms with Crippen molar-refractivity contribution < 1.29 is 27.5 Å². The number of alkyl halides is 3. The Morgan fingerprint density at radius 1 is 1.24 bits per heavy atom. The summed E-state index contributed by atoms with van der Waals surface area (Å²) in [4.78, 5) is 26.9. The van der Waals surface area contributed by atoms with Gasteiger partial charge >= 0.3 is 6.18 Å². The molecular formula is C17H21F3N6O3. The average molecular weight is 414 g/mol. The number of hydrogen-bond acceptors (Lipinski definition) is 5. The Labute approximate surface area is 164 Å². The zero-order valence-corrected chi connectivity index (χ0v) is 16.0. The van der Waals surface area contributed by atoms with Crippen LogP contribution in [0.3, 0.4) is 0 Å². The molecule has 0 aromatic carbocycles. The third-order valence-electron chi connectivity index (χ3n) is 4.40. The molecule has 29 heavy (non-hydrogen) atoms. The molecule has 2 aromatic heterocycles. The molecule has 0 spiro atoms. The molecule has 0 atom stereocenters. The van der Waals surface area contributed by atoms with Crippen molar-refractivity contribution >= 4 is 17.5 Å². The van der Waals surface area contributed by atoms with Crippen LogP contribution in [0.1, 0.15) is 28.8 Å². The number of nitrogens with zero attached hydrogens (tertiary/aromatic N) is 5. The predicted octanol–water partition coefficient (Wildman–Crippen LogP) is 1.54. The summed E-state index contributed by atoms with van der Waals surface area (Å²) in [5.41, 5.74) is -0.549. The maximum Gasteiger partial charge on any atom is 0.433 e. The molecule has 158 valence electrons. The van der Waals surface area contributed by atoms with Gasteiger partial charge in [0.15, 0.2) is 0 Å². The van der Waals surface area contributed by atoms with Crippen molar-refractivity contribution in [2.45, 2.75) is 33.1 Å². The first kappa shape index (κ1) is 20.8. The highest BCUT2D eigenvalue weighted by molar-refractivity contribution is 6.02. The Kier molecular flexibility index (Phi) is 5.91. The van der Waals surface area contributed by atoms with Crippen LogP contribution in [0.2, 0.25) is 0 Å². The Balaban J connectivity index is 1.79. The van der Waals surface area contributed by atoms with Crippen molar-refractivity contribution in [3.05, 3.63) is 29.3 Å². The Hall–Kier alpha value is -2.89. The van der Waals surface area contributed by atoms with Crippen LogP contribution in [0.5, 0.6) is 0 Å². The highest BCUT2D eigenvalue weighted by atomic mass is 19.4. The highest BCUT2D eigenvalue weighted by Crippen LogP contribution is 2.29. The summed E-state index contributed by atoms with van der Waals surface area (Å²) in [5, 5.41) is 10.3. The lowest BCUT2D eigenvalue weighted by atomic mass is 10.2. The summed E-state index contributed by atoms with van der Waals surface area (Å²) in [6, 6.07) is 0.871. The van der Waals surface area contributed by atoms with E-state index in [1.165, 1.54) is 17.8 Å². The number of ether oxygens (including phenoxy) is 1. The Bertz CT molecular complexity index is 899.